The van der Waals surface area contributed by atoms with Crippen LogP contribution >= 0.6 is 11.3 Å². The number of hydrogen-bond acceptors (Lipinski definition) is 3. The fraction of sp³-hybridized carbons (Fsp3) is 0.133. The second kappa shape index (κ2) is 7.01. The molecule has 2 rings (SSSR count). The van der Waals surface area contributed by atoms with E-state index in [-0.39, 0.29) is 12.4 Å². The molecule has 2 amide bonds. The van der Waals surface area contributed by atoms with Crippen molar-refractivity contribution in [2.45, 2.75) is 6.42 Å². The Morgan fingerprint density at radius 3 is 2.67 bits per heavy atom. The van der Waals surface area contributed by atoms with Crippen LogP contribution in [0.5, 0.6) is 0 Å². The molecule has 0 aliphatic heterocycles. The van der Waals surface area contributed by atoms with Gasteiger partial charge in [0.15, 0.2) is 0 Å². The number of nitrogens with zero attached hydrogens (tertiary/aromatic N) is 1. The first-order valence-electron chi connectivity index (χ1n) is 6.30. The molecule has 0 saturated heterocycles. The second-order valence-electron chi connectivity index (χ2n) is 4.43. The Kier molecular flexibility index (Phi) is 5.08. The molecule has 0 atom stereocenters. The van der Waals surface area contributed by atoms with E-state index < -0.39 is 6.03 Å². The Balaban J connectivity index is 1.93. The molecule has 21 heavy (non-hydrogen) atoms. The molecule has 0 spiro atoms. The summed E-state index contributed by atoms with van der Waals surface area (Å²) in [5.41, 5.74) is 5.94. The first kappa shape index (κ1) is 15.2. The summed E-state index contributed by atoms with van der Waals surface area (Å²) in [6, 6.07) is 9.49. The maximum Gasteiger partial charge on any atom is 0.338 e. The molecule has 0 bridgehead atoms. The van der Waals surface area contributed by atoms with E-state index in [0.29, 0.717) is 5.06 Å². The molecule has 3 N–H and O–H groups in total. The van der Waals surface area contributed by atoms with Crippen molar-refractivity contribution in [3.05, 3.63) is 63.6 Å². The van der Waals surface area contributed by atoms with Crippen molar-refractivity contribution in [3.8, 4) is 0 Å². The van der Waals surface area contributed by atoms with Gasteiger partial charge in [-0.15, -0.1) is 11.3 Å². The summed E-state index contributed by atoms with van der Waals surface area (Å²) in [5.74, 6) is -0.239. The highest BCUT2D eigenvalue weighted by atomic mass is 32.1. The number of hydroxylamine groups is 2. The van der Waals surface area contributed by atoms with E-state index in [1.165, 1.54) is 12.1 Å². The van der Waals surface area contributed by atoms with E-state index in [1.54, 1.807) is 29.5 Å². The molecule has 1 heterocycles. The number of carbonyl (C=O) groups excluding carboxylic acids is 1. The van der Waals surface area contributed by atoms with Crippen LogP contribution in [0.4, 0.5) is 9.18 Å². The van der Waals surface area contributed by atoms with Gasteiger partial charge >= 0.3 is 6.03 Å². The van der Waals surface area contributed by atoms with Crippen molar-refractivity contribution in [2.24, 2.45) is 5.73 Å². The summed E-state index contributed by atoms with van der Waals surface area (Å²) in [6.07, 6.45) is 4.20. The van der Waals surface area contributed by atoms with Crippen LogP contribution < -0.4 is 5.73 Å². The molecule has 0 unspecified atom stereocenters. The average Bonchev–Trinajstić information content (AvgIpc) is 2.89. The van der Waals surface area contributed by atoms with Crippen LogP contribution in [0.15, 0.2) is 42.5 Å². The van der Waals surface area contributed by atoms with Gasteiger partial charge in [0, 0.05) is 16.2 Å². The summed E-state index contributed by atoms with van der Waals surface area (Å²) >= 11 is 1.60. The summed E-state index contributed by atoms with van der Waals surface area (Å²) in [6.45, 7) is 0.0422. The van der Waals surface area contributed by atoms with E-state index >= 15 is 0 Å². The largest absolute Gasteiger partial charge is 0.350 e. The van der Waals surface area contributed by atoms with Crippen LogP contribution in [-0.2, 0) is 6.42 Å². The van der Waals surface area contributed by atoms with Gasteiger partial charge in [0.05, 0.1) is 6.54 Å². The van der Waals surface area contributed by atoms with Crippen LogP contribution in [0, 0.1) is 5.82 Å². The highest BCUT2D eigenvalue weighted by Gasteiger charge is 2.03. The van der Waals surface area contributed by atoms with Gasteiger partial charge < -0.3 is 5.73 Å². The van der Waals surface area contributed by atoms with Gasteiger partial charge in [-0.05, 0) is 35.9 Å². The fourth-order valence-corrected chi connectivity index (χ4v) is 2.72. The third kappa shape index (κ3) is 4.70. The lowest BCUT2D eigenvalue weighted by atomic mass is 10.1. The number of primary amides is 1. The highest BCUT2D eigenvalue weighted by molar-refractivity contribution is 7.12. The number of carbonyl (C=O) groups is 1. The minimum atomic E-state index is -0.886. The molecule has 110 valence electrons. The number of nitrogens with two attached hydrogens (primary N) is 1. The quantitative estimate of drug-likeness (QED) is 0.657. The predicted octanol–water partition coefficient (Wildman–Crippen LogP) is 3.26. The monoisotopic (exact) mass is 306 g/mol. The van der Waals surface area contributed by atoms with Crippen molar-refractivity contribution in [1.82, 2.24) is 5.06 Å². The third-order valence-corrected chi connectivity index (χ3v) is 3.84. The molecule has 0 aliphatic carbocycles. The molecule has 0 fully saturated rings. The van der Waals surface area contributed by atoms with Crippen molar-refractivity contribution in [2.75, 3.05) is 6.54 Å². The van der Waals surface area contributed by atoms with Crippen molar-refractivity contribution < 1.29 is 14.4 Å². The SMILES string of the molecule is NC(=O)N(O)C/C=C\c1ccc(Cc2ccc(F)cc2)s1. The second-order valence-corrected chi connectivity index (χ2v) is 5.63. The Labute approximate surface area is 125 Å². The van der Waals surface area contributed by atoms with Gasteiger partial charge in [-0.1, -0.05) is 18.2 Å². The lowest BCUT2D eigenvalue weighted by molar-refractivity contribution is -0.0286. The van der Waals surface area contributed by atoms with Crippen molar-refractivity contribution >= 4 is 23.4 Å². The molecule has 1 aromatic heterocycles. The fourth-order valence-electron chi connectivity index (χ4n) is 1.74. The molecule has 0 aliphatic rings. The number of halogens is 1. The zero-order valence-corrected chi connectivity index (χ0v) is 12.0. The highest BCUT2D eigenvalue weighted by Crippen LogP contribution is 2.21. The van der Waals surface area contributed by atoms with Gasteiger partial charge in [0.1, 0.15) is 5.82 Å². The maximum absolute atomic E-state index is 12.8. The molecule has 2 aromatic rings. The molecular weight excluding hydrogens is 291 g/mol. The molecule has 0 saturated carbocycles. The van der Waals surface area contributed by atoms with E-state index in [1.807, 2.05) is 18.2 Å². The average molecular weight is 306 g/mol. The molecule has 6 heteroatoms. The normalized spacial score (nSPS) is 11.0. The zero-order valence-electron chi connectivity index (χ0n) is 11.2. The zero-order chi connectivity index (χ0) is 15.2. The number of hydrogen-bond donors (Lipinski definition) is 2. The first-order valence-corrected chi connectivity index (χ1v) is 7.12. The van der Waals surface area contributed by atoms with Crippen LogP contribution in [0.2, 0.25) is 0 Å². The summed E-state index contributed by atoms with van der Waals surface area (Å²) in [4.78, 5) is 12.8. The van der Waals surface area contributed by atoms with Gasteiger partial charge in [0.2, 0.25) is 0 Å². The van der Waals surface area contributed by atoms with Gasteiger partial charge in [-0.25, -0.2) is 14.2 Å². The summed E-state index contributed by atoms with van der Waals surface area (Å²) in [5, 5.41) is 9.54. The minimum Gasteiger partial charge on any atom is -0.350 e. The van der Waals surface area contributed by atoms with Crippen LogP contribution in [0.25, 0.3) is 6.08 Å². The number of urea groups is 1. The van der Waals surface area contributed by atoms with Gasteiger partial charge in [0.25, 0.3) is 0 Å². The van der Waals surface area contributed by atoms with E-state index in [9.17, 15) is 9.18 Å². The third-order valence-electron chi connectivity index (χ3n) is 2.79. The van der Waals surface area contributed by atoms with Gasteiger partial charge in [-0.2, -0.15) is 0 Å². The van der Waals surface area contributed by atoms with Gasteiger partial charge in [-0.3, -0.25) is 5.21 Å². The predicted molar refractivity (Wildman–Crippen MR) is 80.6 cm³/mol. The summed E-state index contributed by atoms with van der Waals surface area (Å²) < 4.78 is 12.8. The molecule has 4 nitrogen and oxygen atoms in total. The maximum atomic E-state index is 12.8. The van der Waals surface area contributed by atoms with Crippen LogP contribution in [0.1, 0.15) is 15.3 Å². The lowest BCUT2D eigenvalue weighted by Gasteiger charge is -2.07. The van der Waals surface area contributed by atoms with E-state index in [4.69, 9.17) is 10.9 Å². The first-order chi connectivity index (χ1) is 10.0. The molecule has 1 aromatic carbocycles. The number of benzene rings is 1. The van der Waals surface area contributed by atoms with E-state index in [2.05, 4.69) is 0 Å². The molecule has 0 radical (unpaired) electrons. The Bertz CT molecular complexity index is 637. The van der Waals surface area contributed by atoms with Crippen molar-refractivity contribution in [1.29, 1.82) is 0 Å². The Morgan fingerprint density at radius 1 is 1.29 bits per heavy atom. The summed E-state index contributed by atoms with van der Waals surface area (Å²) in [7, 11) is 0. The lowest BCUT2D eigenvalue weighted by Crippen LogP contribution is -2.32. The topological polar surface area (TPSA) is 66.6 Å². The Hall–Kier alpha value is -2.18. The van der Waals surface area contributed by atoms with E-state index in [0.717, 1.165) is 21.7 Å². The Morgan fingerprint density at radius 2 is 2.00 bits per heavy atom. The molecular formula is C15H15FN2O2S. The number of rotatable bonds is 5. The smallest absolute Gasteiger partial charge is 0.338 e. The number of amides is 2. The van der Waals surface area contributed by atoms with Crippen LogP contribution in [-0.4, -0.2) is 22.8 Å². The van der Waals surface area contributed by atoms with Crippen LogP contribution in [0.3, 0.4) is 0 Å². The number of thiophene rings is 1. The van der Waals surface area contributed by atoms with Crippen molar-refractivity contribution in [3.63, 3.8) is 0 Å². The minimum absolute atomic E-state index is 0.0422. The standard InChI is InChI=1S/C15H15FN2O2S/c16-12-5-3-11(4-6-12)10-14-8-7-13(21-14)2-1-9-18(20)15(17)19/h1-8,20H,9-10H2,(H2,17,19)/b2-1-.